The van der Waals surface area contributed by atoms with E-state index in [2.05, 4.69) is 20.3 Å². The van der Waals surface area contributed by atoms with Gasteiger partial charge in [0.2, 0.25) is 5.95 Å². The van der Waals surface area contributed by atoms with Crippen LogP contribution < -0.4 is 5.32 Å². The highest BCUT2D eigenvalue weighted by Crippen LogP contribution is 2.08. The molecule has 2 rings (SSSR count). The first-order valence-electron chi connectivity index (χ1n) is 5.36. The van der Waals surface area contributed by atoms with Crippen molar-refractivity contribution in [2.45, 2.75) is 13.3 Å². The second kappa shape index (κ2) is 5.54. The minimum atomic E-state index is -1.06. The molecule has 0 spiro atoms. The van der Waals surface area contributed by atoms with Gasteiger partial charge in [-0.25, -0.2) is 19.7 Å². The lowest BCUT2D eigenvalue weighted by Crippen LogP contribution is -2.10. The highest BCUT2D eigenvalue weighted by Gasteiger charge is 2.05. The van der Waals surface area contributed by atoms with Crippen molar-refractivity contribution < 1.29 is 9.90 Å². The van der Waals surface area contributed by atoms with Crippen LogP contribution in [0, 0.1) is 6.92 Å². The zero-order chi connectivity index (χ0) is 13.0. The Bertz CT molecular complexity index is 555. The maximum absolute atomic E-state index is 10.7. The number of hydrogen-bond acceptors (Lipinski definition) is 6. The van der Waals surface area contributed by atoms with Crippen molar-refractivity contribution in [2.24, 2.45) is 0 Å². The molecule has 0 unspecified atom stereocenters. The summed E-state index contributed by atoms with van der Waals surface area (Å²) in [5, 5.41) is 14.8. The summed E-state index contributed by atoms with van der Waals surface area (Å²) in [7, 11) is 0. The molecule has 0 fully saturated rings. The fourth-order valence-electron chi connectivity index (χ4n) is 1.39. The molecule has 0 atom stereocenters. The molecule has 0 saturated carbocycles. The van der Waals surface area contributed by atoms with E-state index in [0.717, 1.165) is 17.1 Å². The van der Waals surface area contributed by atoms with Gasteiger partial charge >= 0.3 is 5.97 Å². The van der Waals surface area contributed by atoms with Crippen LogP contribution in [0.25, 0.3) is 0 Å². The molecule has 18 heavy (non-hydrogen) atoms. The number of hydrogen-bond donors (Lipinski definition) is 2. The van der Waals surface area contributed by atoms with Gasteiger partial charge in [-0.2, -0.15) is 0 Å². The van der Waals surface area contributed by atoms with Crippen molar-refractivity contribution in [1.82, 2.24) is 15.0 Å². The summed E-state index contributed by atoms with van der Waals surface area (Å²) in [6, 6.07) is 1.36. The number of aryl methyl sites for hydroxylation is 1. The molecular weight excluding hydrogens is 252 g/mol. The Labute approximate surface area is 108 Å². The van der Waals surface area contributed by atoms with Gasteiger partial charge in [-0.15, -0.1) is 11.3 Å². The van der Waals surface area contributed by atoms with E-state index in [9.17, 15) is 4.79 Å². The first kappa shape index (κ1) is 12.4. The second-order valence-corrected chi connectivity index (χ2v) is 4.67. The molecule has 2 aromatic rings. The molecule has 2 heterocycles. The molecule has 0 amide bonds. The van der Waals surface area contributed by atoms with Crippen LogP contribution in [0.15, 0.2) is 17.6 Å². The number of nitrogens with zero attached hydrogens (tertiary/aromatic N) is 3. The minimum Gasteiger partial charge on any atom is -0.477 e. The molecule has 2 aromatic heterocycles. The summed E-state index contributed by atoms with van der Waals surface area (Å²) >= 11 is 1.61. The fraction of sp³-hybridized carbons (Fsp3) is 0.273. The average molecular weight is 264 g/mol. The third-order valence-corrected chi connectivity index (χ3v) is 3.03. The second-order valence-electron chi connectivity index (χ2n) is 3.61. The van der Waals surface area contributed by atoms with E-state index in [1.165, 1.54) is 12.3 Å². The molecule has 0 aliphatic carbocycles. The normalized spacial score (nSPS) is 10.3. The number of nitrogens with one attached hydrogen (secondary N) is 1. The number of anilines is 1. The number of carboxylic acids is 1. The summed E-state index contributed by atoms with van der Waals surface area (Å²) in [6.07, 6.45) is 2.18. The van der Waals surface area contributed by atoms with Crippen molar-refractivity contribution in [3.63, 3.8) is 0 Å². The van der Waals surface area contributed by atoms with E-state index in [1.807, 2.05) is 12.3 Å². The molecule has 0 aliphatic heterocycles. The quantitative estimate of drug-likeness (QED) is 0.852. The Hall–Kier alpha value is -2.02. The number of carbonyl (C=O) groups is 1. The molecule has 0 bridgehead atoms. The topological polar surface area (TPSA) is 88.0 Å². The number of aromatic carboxylic acids is 1. The van der Waals surface area contributed by atoms with Gasteiger partial charge in [-0.1, -0.05) is 0 Å². The van der Waals surface area contributed by atoms with Gasteiger partial charge in [0.1, 0.15) is 0 Å². The largest absolute Gasteiger partial charge is 0.477 e. The zero-order valence-corrected chi connectivity index (χ0v) is 10.6. The van der Waals surface area contributed by atoms with Crippen molar-refractivity contribution in [1.29, 1.82) is 0 Å². The molecule has 0 saturated heterocycles. The van der Waals surface area contributed by atoms with Gasteiger partial charge in [0.15, 0.2) is 5.69 Å². The van der Waals surface area contributed by atoms with Gasteiger partial charge < -0.3 is 10.4 Å². The highest BCUT2D eigenvalue weighted by atomic mass is 32.1. The summed E-state index contributed by atoms with van der Waals surface area (Å²) in [6.45, 7) is 2.58. The molecule has 0 aliphatic rings. The van der Waals surface area contributed by atoms with Crippen molar-refractivity contribution in [3.8, 4) is 0 Å². The molecule has 94 valence electrons. The third kappa shape index (κ3) is 3.24. The SMILES string of the molecule is Cc1nc(CCNc2nccc(C(=O)O)n2)cs1. The van der Waals surface area contributed by atoms with Crippen LogP contribution in [0.1, 0.15) is 21.2 Å². The Morgan fingerprint density at radius 3 is 3.00 bits per heavy atom. The van der Waals surface area contributed by atoms with Crippen molar-refractivity contribution in [3.05, 3.63) is 34.0 Å². The number of thiazole rings is 1. The minimum absolute atomic E-state index is 0.0167. The predicted octanol–water partition coefficient (Wildman–Crippen LogP) is 1.59. The molecule has 0 aromatic carbocycles. The van der Waals surface area contributed by atoms with Crippen LogP contribution in [0.5, 0.6) is 0 Å². The monoisotopic (exact) mass is 264 g/mol. The van der Waals surface area contributed by atoms with E-state index in [1.54, 1.807) is 11.3 Å². The molecular formula is C11H12N4O2S. The van der Waals surface area contributed by atoms with Gasteiger partial charge in [0, 0.05) is 24.5 Å². The van der Waals surface area contributed by atoms with Gasteiger partial charge in [0.25, 0.3) is 0 Å². The average Bonchev–Trinajstić information content (AvgIpc) is 2.75. The molecule has 0 radical (unpaired) electrons. The standard InChI is InChI=1S/C11H12N4O2S/c1-7-14-8(6-18-7)2-4-12-11-13-5-3-9(15-11)10(16)17/h3,5-6H,2,4H2,1H3,(H,16,17)(H,12,13,15). The van der Waals surface area contributed by atoms with E-state index in [0.29, 0.717) is 12.5 Å². The Kier molecular flexibility index (Phi) is 3.83. The lowest BCUT2D eigenvalue weighted by atomic mass is 10.3. The Morgan fingerprint density at radius 2 is 2.33 bits per heavy atom. The lowest BCUT2D eigenvalue weighted by Gasteiger charge is -2.03. The summed E-state index contributed by atoms with van der Waals surface area (Å²) in [4.78, 5) is 22.9. The number of aromatic nitrogens is 3. The summed E-state index contributed by atoms with van der Waals surface area (Å²) in [5.74, 6) is -0.738. The highest BCUT2D eigenvalue weighted by molar-refractivity contribution is 7.09. The van der Waals surface area contributed by atoms with Gasteiger partial charge in [-0.05, 0) is 13.0 Å². The maximum atomic E-state index is 10.7. The van der Waals surface area contributed by atoms with Crippen LogP contribution in [-0.4, -0.2) is 32.6 Å². The smallest absolute Gasteiger partial charge is 0.354 e. The van der Waals surface area contributed by atoms with Crippen LogP contribution in [0.4, 0.5) is 5.95 Å². The lowest BCUT2D eigenvalue weighted by molar-refractivity contribution is 0.0690. The van der Waals surface area contributed by atoms with Crippen molar-refractivity contribution >= 4 is 23.3 Å². The molecule has 7 heteroatoms. The van der Waals surface area contributed by atoms with E-state index >= 15 is 0 Å². The Morgan fingerprint density at radius 1 is 1.50 bits per heavy atom. The molecule has 6 nitrogen and oxygen atoms in total. The number of rotatable bonds is 5. The van der Waals surface area contributed by atoms with Crippen molar-refractivity contribution in [2.75, 3.05) is 11.9 Å². The summed E-state index contributed by atoms with van der Waals surface area (Å²) < 4.78 is 0. The zero-order valence-electron chi connectivity index (χ0n) is 9.75. The first-order chi connectivity index (χ1) is 8.65. The Balaban J connectivity index is 1.90. The molecule has 2 N–H and O–H groups in total. The van der Waals surface area contributed by atoms with Crippen LogP contribution >= 0.6 is 11.3 Å². The fourth-order valence-corrected chi connectivity index (χ4v) is 2.04. The first-order valence-corrected chi connectivity index (χ1v) is 6.24. The predicted molar refractivity (Wildman–Crippen MR) is 68.0 cm³/mol. The maximum Gasteiger partial charge on any atom is 0.354 e. The van der Waals surface area contributed by atoms with E-state index < -0.39 is 5.97 Å². The van der Waals surface area contributed by atoms with Gasteiger partial charge in [-0.3, -0.25) is 0 Å². The van der Waals surface area contributed by atoms with Crippen LogP contribution in [0.2, 0.25) is 0 Å². The third-order valence-electron chi connectivity index (χ3n) is 2.21. The van der Waals surface area contributed by atoms with Gasteiger partial charge in [0.05, 0.1) is 10.7 Å². The van der Waals surface area contributed by atoms with Crippen LogP contribution in [0.3, 0.4) is 0 Å². The van der Waals surface area contributed by atoms with E-state index in [4.69, 9.17) is 5.11 Å². The number of carboxylic acid groups (broad SMARTS) is 1. The van der Waals surface area contributed by atoms with Crippen LogP contribution in [-0.2, 0) is 6.42 Å². The summed E-state index contributed by atoms with van der Waals surface area (Å²) in [5.41, 5.74) is 0.997. The van der Waals surface area contributed by atoms with E-state index in [-0.39, 0.29) is 5.69 Å².